The van der Waals surface area contributed by atoms with Crippen LogP contribution in [0.25, 0.3) is 21.9 Å². The molecule has 0 aliphatic heterocycles. The van der Waals surface area contributed by atoms with Crippen LogP contribution in [0.5, 0.6) is 0 Å². The van der Waals surface area contributed by atoms with Crippen LogP contribution in [0.4, 0.5) is 0 Å². The Hall–Kier alpha value is -3.64. The fraction of sp³-hybridized carbons (Fsp3) is 0.0667. The monoisotopic (exact) mass is 384 g/mol. The molecule has 0 heterocycles. The third-order valence-electron chi connectivity index (χ3n) is 5.90. The van der Waals surface area contributed by atoms with Crippen molar-refractivity contribution in [3.8, 4) is 11.1 Å². The highest BCUT2D eigenvalue weighted by molar-refractivity contribution is 5.82. The van der Waals surface area contributed by atoms with Gasteiger partial charge in [0, 0.05) is 0 Å². The van der Waals surface area contributed by atoms with Crippen LogP contribution >= 0.6 is 0 Å². The second kappa shape index (κ2) is 8.00. The van der Waals surface area contributed by atoms with Gasteiger partial charge >= 0.3 is 0 Å². The van der Waals surface area contributed by atoms with E-state index in [-0.39, 0.29) is 0 Å². The van der Waals surface area contributed by atoms with Crippen molar-refractivity contribution in [3.63, 3.8) is 0 Å². The molecule has 144 valence electrons. The van der Waals surface area contributed by atoms with Crippen molar-refractivity contribution in [2.75, 3.05) is 0 Å². The number of aryl methyl sites for hydroxylation is 1. The first kappa shape index (κ1) is 18.4. The quantitative estimate of drug-likeness (QED) is 0.288. The minimum atomic E-state index is 1.07. The summed E-state index contributed by atoms with van der Waals surface area (Å²) in [7, 11) is 0. The summed E-state index contributed by atoms with van der Waals surface area (Å²) in [5, 5.41) is 8.21. The lowest BCUT2D eigenvalue weighted by Crippen LogP contribution is -1.96. The van der Waals surface area contributed by atoms with Crippen LogP contribution in [-0.4, -0.2) is 0 Å². The van der Waals surface area contributed by atoms with Crippen molar-refractivity contribution >= 4 is 10.8 Å². The first-order chi connectivity index (χ1) is 14.9. The lowest BCUT2D eigenvalue weighted by atomic mass is 9.91. The van der Waals surface area contributed by atoms with E-state index in [0.717, 1.165) is 6.42 Å². The van der Waals surface area contributed by atoms with Crippen molar-refractivity contribution in [3.05, 3.63) is 142 Å². The van der Waals surface area contributed by atoms with Gasteiger partial charge in [-0.25, -0.2) is 0 Å². The molecule has 0 amide bonds. The molecule has 0 radical (unpaired) electrons. The van der Waals surface area contributed by atoms with Crippen molar-refractivity contribution in [1.29, 1.82) is 0 Å². The number of rotatable bonds is 2. The van der Waals surface area contributed by atoms with Crippen molar-refractivity contribution in [1.82, 2.24) is 0 Å². The molecule has 0 saturated heterocycles. The highest BCUT2D eigenvalue weighted by atomic mass is 14.1. The van der Waals surface area contributed by atoms with Gasteiger partial charge < -0.3 is 0 Å². The first-order valence-corrected chi connectivity index (χ1v) is 10.6. The predicted molar refractivity (Wildman–Crippen MR) is 127 cm³/mol. The van der Waals surface area contributed by atoms with Gasteiger partial charge in [-0.05, 0) is 54.8 Å². The smallest absolute Gasteiger partial charge is 0.00203 e. The summed E-state index contributed by atoms with van der Waals surface area (Å²) in [5.41, 5.74) is 4.17. The van der Waals surface area contributed by atoms with E-state index in [1.165, 1.54) is 48.3 Å². The SMILES string of the molecule is CCc1ccccc1-c1cccc2c1=c1ccccc1=2.c1ccc2ccccc2c1. The molecule has 0 aromatic heterocycles. The lowest BCUT2D eigenvalue weighted by molar-refractivity contribution is 1.14. The topological polar surface area (TPSA) is 0 Å². The van der Waals surface area contributed by atoms with Crippen molar-refractivity contribution in [2.24, 2.45) is 0 Å². The van der Waals surface area contributed by atoms with Crippen LogP contribution in [0.2, 0.25) is 0 Å². The second-order valence-corrected chi connectivity index (χ2v) is 7.63. The molecule has 0 nitrogen and oxygen atoms in total. The van der Waals surface area contributed by atoms with E-state index in [1.807, 2.05) is 0 Å². The third kappa shape index (κ3) is 3.21. The molecule has 0 heteroatoms. The van der Waals surface area contributed by atoms with Gasteiger partial charge in [0.15, 0.2) is 0 Å². The molecule has 1 aliphatic rings. The molecule has 6 rings (SSSR count). The third-order valence-corrected chi connectivity index (χ3v) is 5.90. The van der Waals surface area contributed by atoms with Gasteiger partial charge in [0.25, 0.3) is 0 Å². The van der Waals surface area contributed by atoms with Crippen LogP contribution in [0.15, 0.2) is 115 Å². The standard InChI is InChI=1S/C20H16.C10H8/c1-2-14-8-3-4-9-15(14)17-12-7-13-19-16-10-5-6-11-18(16)20(17)19;1-2-6-10-8-4-3-7-9(10)5-1/h3-13H,2H2,1H3;1-8H. The van der Waals surface area contributed by atoms with Gasteiger partial charge in [-0.15, -0.1) is 0 Å². The highest BCUT2D eigenvalue weighted by Crippen LogP contribution is 2.28. The molecule has 0 bridgehead atoms. The Labute approximate surface area is 177 Å². The molecule has 1 aliphatic carbocycles. The Morgan fingerprint density at radius 1 is 0.433 bits per heavy atom. The zero-order chi connectivity index (χ0) is 20.3. The maximum atomic E-state index is 2.25. The van der Waals surface area contributed by atoms with Gasteiger partial charge in [0.05, 0.1) is 0 Å². The summed E-state index contributed by atoms with van der Waals surface area (Å²) in [5.74, 6) is 0. The largest absolute Gasteiger partial charge is 0.0620 e. The highest BCUT2D eigenvalue weighted by Gasteiger charge is 2.10. The van der Waals surface area contributed by atoms with Gasteiger partial charge in [0.2, 0.25) is 0 Å². The fourth-order valence-electron chi connectivity index (χ4n) is 4.39. The van der Waals surface area contributed by atoms with Crippen LogP contribution < -0.4 is 0 Å². The summed E-state index contributed by atoms with van der Waals surface area (Å²) in [4.78, 5) is 0. The number of fused-ring (bicyclic) bond motifs is 3. The number of benzene rings is 5. The molecule has 0 fully saturated rings. The molecule has 0 atom stereocenters. The summed E-state index contributed by atoms with van der Waals surface area (Å²) >= 11 is 0. The predicted octanol–water partition coefficient (Wildman–Crippen LogP) is 7.64. The van der Waals surface area contributed by atoms with Crippen LogP contribution in [0.3, 0.4) is 0 Å². The zero-order valence-corrected chi connectivity index (χ0v) is 17.2. The van der Waals surface area contributed by atoms with Crippen LogP contribution in [0.1, 0.15) is 12.5 Å². The lowest BCUT2D eigenvalue weighted by Gasteiger charge is -2.13. The fourth-order valence-corrected chi connectivity index (χ4v) is 4.39. The maximum Gasteiger partial charge on any atom is -0.00203 e. The Kier molecular flexibility index (Phi) is 4.91. The van der Waals surface area contributed by atoms with Crippen molar-refractivity contribution in [2.45, 2.75) is 13.3 Å². The molecule has 0 N–H and O–H groups in total. The maximum absolute atomic E-state index is 2.25. The van der Waals surface area contributed by atoms with Gasteiger partial charge in [-0.3, -0.25) is 0 Å². The van der Waals surface area contributed by atoms with E-state index in [1.54, 1.807) is 0 Å². The first-order valence-electron chi connectivity index (χ1n) is 10.6. The molecular formula is C30H24. The number of hydrogen-bond donors (Lipinski definition) is 0. The molecular weight excluding hydrogens is 360 g/mol. The Bertz CT molecular complexity index is 1460. The minimum Gasteiger partial charge on any atom is -0.0620 e. The molecule has 30 heavy (non-hydrogen) atoms. The zero-order valence-electron chi connectivity index (χ0n) is 17.2. The van der Waals surface area contributed by atoms with E-state index in [4.69, 9.17) is 0 Å². The van der Waals surface area contributed by atoms with Gasteiger partial charge in [-0.1, -0.05) is 122 Å². The number of hydrogen-bond acceptors (Lipinski definition) is 0. The molecule has 0 spiro atoms. The summed E-state index contributed by atoms with van der Waals surface area (Å²) < 4.78 is 0. The molecule has 5 aromatic carbocycles. The summed E-state index contributed by atoms with van der Waals surface area (Å²) in [6, 6.07) is 40.8. The van der Waals surface area contributed by atoms with E-state index in [0.29, 0.717) is 0 Å². The average Bonchev–Trinajstić information content (AvgIpc) is 2.82. The molecule has 0 saturated carbocycles. The van der Waals surface area contributed by atoms with E-state index in [9.17, 15) is 0 Å². The van der Waals surface area contributed by atoms with Gasteiger partial charge in [0.1, 0.15) is 0 Å². The average molecular weight is 385 g/mol. The van der Waals surface area contributed by atoms with Crippen molar-refractivity contribution < 1.29 is 0 Å². The van der Waals surface area contributed by atoms with E-state index < -0.39 is 0 Å². The normalized spacial score (nSPS) is 11.0. The minimum absolute atomic E-state index is 1.07. The Morgan fingerprint density at radius 3 is 1.60 bits per heavy atom. The molecule has 5 aromatic rings. The van der Waals surface area contributed by atoms with E-state index in [2.05, 4.69) is 122 Å². The van der Waals surface area contributed by atoms with E-state index >= 15 is 0 Å². The molecule has 0 unspecified atom stereocenters. The van der Waals surface area contributed by atoms with Crippen LogP contribution in [0, 0.1) is 20.9 Å². The van der Waals surface area contributed by atoms with Crippen LogP contribution in [-0.2, 0) is 6.42 Å². The summed E-state index contributed by atoms with van der Waals surface area (Å²) in [6.07, 6.45) is 1.07. The Balaban J connectivity index is 0.000000161. The Morgan fingerprint density at radius 2 is 0.933 bits per heavy atom. The van der Waals surface area contributed by atoms with Gasteiger partial charge in [-0.2, -0.15) is 0 Å². The summed E-state index contributed by atoms with van der Waals surface area (Å²) in [6.45, 7) is 2.22. The second-order valence-electron chi connectivity index (χ2n) is 7.63.